The highest BCUT2D eigenvalue weighted by Crippen LogP contribution is 2.26. The van der Waals surface area contributed by atoms with Gasteiger partial charge in [0.05, 0.1) is 0 Å². The van der Waals surface area contributed by atoms with E-state index in [0.717, 1.165) is 22.5 Å². The lowest BCUT2D eigenvalue weighted by molar-refractivity contribution is -0.123. The Bertz CT molecular complexity index is 574. The predicted octanol–water partition coefficient (Wildman–Crippen LogP) is 2.61. The van der Waals surface area contributed by atoms with Gasteiger partial charge in [-0.3, -0.25) is 4.79 Å². The van der Waals surface area contributed by atoms with Crippen molar-refractivity contribution in [1.29, 1.82) is 0 Å². The molecule has 0 aliphatic rings. The lowest BCUT2D eigenvalue weighted by Gasteiger charge is -2.22. The summed E-state index contributed by atoms with van der Waals surface area (Å²) in [5, 5.41) is 5.77. The van der Waals surface area contributed by atoms with Crippen LogP contribution < -0.4 is 15.5 Å². The molecule has 0 heterocycles. The molecule has 0 unspecified atom stereocenters. The first kappa shape index (κ1) is 19.8. The first-order valence-corrected chi connectivity index (χ1v) is 8.21. The number of hydrogen-bond donors (Lipinski definition) is 2. The van der Waals surface area contributed by atoms with E-state index in [1.165, 1.54) is 0 Å². The van der Waals surface area contributed by atoms with E-state index in [1.54, 1.807) is 11.9 Å². The van der Waals surface area contributed by atoms with Gasteiger partial charge < -0.3 is 20.4 Å². The summed E-state index contributed by atoms with van der Waals surface area (Å²) in [5.74, 6) is -0.0561. The fraction of sp³-hybridized carbons (Fsp3) is 0.556. The lowest BCUT2D eigenvalue weighted by Crippen LogP contribution is -2.39. The second-order valence-electron chi connectivity index (χ2n) is 6.65. The second kappa shape index (κ2) is 8.57. The van der Waals surface area contributed by atoms with E-state index in [0.29, 0.717) is 13.1 Å². The zero-order valence-electron chi connectivity index (χ0n) is 15.9. The molecule has 6 heteroatoms. The van der Waals surface area contributed by atoms with Crippen LogP contribution in [0.5, 0.6) is 0 Å². The maximum absolute atomic E-state index is 12.3. The number of hydrogen-bond acceptors (Lipinski definition) is 3. The number of nitrogens with zero attached hydrogens (tertiary/aromatic N) is 2. The van der Waals surface area contributed by atoms with Gasteiger partial charge in [0.15, 0.2) is 0 Å². The lowest BCUT2D eigenvalue weighted by atomic mass is 10.1. The zero-order chi connectivity index (χ0) is 18.4. The minimum atomic E-state index is -0.183. The summed E-state index contributed by atoms with van der Waals surface area (Å²) in [4.78, 5) is 27.5. The highest BCUT2D eigenvalue weighted by Gasteiger charge is 2.14. The number of anilines is 2. The Morgan fingerprint density at radius 3 is 2.08 bits per heavy atom. The average molecular weight is 334 g/mol. The quantitative estimate of drug-likeness (QED) is 0.840. The van der Waals surface area contributed by atoms with Crippen molar-refractivity contribution >= 4 is 23.3 Å². The minimum Gasteiger partial charge on any atom is -0.378 e. The summed E-state index contributed by atoms with van der Waals surface area (Å²) < 4.78 is 0. The van der Waals surface area contributed by atoms with Crippen molar-refractivity contribution in [2.24, 2.45) is 5.92 Å². The van der Waals surface area contributed by atoms with Crippen LogP contribution in [-0.4, -0.2) is 51.1 Å². The van der Waals surface area contributed by atoms with Gasteiger partial charge >= 0.3 is 6.03 Å². The van der Waals surface area contributed by atoms with Gasteiger partial charge in [0.25, 0.3) is 0 Å². The average Bonchev–Trinajstić information content (AvgIpc) is 2.49. The van der Waals surface area contributed by atoms with E-state index in [2.05, 4.69) is 10.6 Å². The Balaban J connectivity index is 2.66. The molecule has 0 aliphatic carbocycles. The fourth-order valence-electron chi connectivity index (χ4n) is 2.25. The van der Waals surface area contributed by atoms with Gasteiger partial charge in [-0.25, -0.2) is 4.79 Å². The maximum Gasteiger partial charge on any atom is 0.321 e. The molecule has 0 aromatic heterocycles. The first-order valence-electron chi connectivity index (χ1n) is 8.21. The Kier molecular flexibility index (Phi) is 7.07. The van der Waals surface area contributed by atoms with E-state index in [4.69, 9.17) is 0 Å². The van der Waals surface area contributed by atoms with Crippen LogP contribution in [-0.2, 0) is 4.79 Å². The topological polar surface area (TPSA) is 64.7 Å². The maximum atomic E-state index is 12.3. The molecule has 1 aromatic carbocycles. The second-order valence-corrected chi connectivity index (χ2v) is 6.65. The largest absolute Gasteiger partial charge is 0.378 e. The van der Waals surface area contributed by atoms with Crippen LogP contribution in [0, 0.1) is 19.8 Å². The monoisotopic (exact) mass is 334 g/mol. The molecule has 1 aromatic rings. The number of aryl methyl sites for hydroxylation is 2. The third-order valence-electron chi connectivity index (χ3n) is 3.88. The van der Waals surface area contributed by atoms with E-state index >= 15 is 0 Å². The summed E-state index contributed by atoms with van der Waals surface area (Å²) in [6.07, 6.45) is 0. The number of carbonyl (C=O) groups excluding carboxylic acids is 2. The molecule has 2 N–H and O–H groups in total. The Hall–Kier alpha value is -2.24. The number of amides is 3. The van der Waals surface area contributed by atoms with E-state index in [-0.39, 0.29) is 17.9 Å². The van der Waals surface area contributed by atoms with Crippen molar-refractivity contribution in [2.75, 3.05) is 44.4 Å². The SMILES string of the molecule is Cc1cc(N(C)C)cc(C)c1NC(=O)N(C)CCNC(=O)C(C)C. The molecule has 0 fully saturated rings. The van der Waals surface area contributed by atoms with Crippen molar-refractivity contribution in [3.8, 4) is 0 Å². The van der Waals surface area contributed by atoms with E-state index in [9.17, 15) is 9.59 Å². The molecule has 1 rings (SSSR count). The van der Waals surface area contributed by atoms with E-state index < -0.39 is 0 Å². The van der Waals surface area contributed by atoms with Crippen LogP contribution in [0.1, 0.15) is 25.0 Å². The van der Waals surface area contributed by atoms with Crippen LogP contribution in [0.15, 0.2) is 12.1 Å². The number of likely N-dealkylation sites (N-methyl/N-ethyl adjacent to an activating group) is 1. The number of nitrogens with one attached hydrogen (secondary N) is 2. The summed E-state index contributed by atoms with van der Waals surface area (Å²) in [6.45, 7) is 8.55. The summed E-state index contributed by atoms with van der Waals surface area (Å²) in [5.41, 5.74) is 3.98. The van der Waals surface area contributed by atoms with Gasteiger partial charge in [-0.1, -0.05) is 13.8 Å². The van der Waals surface area contributed by atoms with Gasteiger partial charge in [-0.15, -0.1) is 0 Å². The van der Waals surface area contributed by atoms with Crippen LogP contribution in [0.25, 0.3) is 0 Å². The molecular weight excluding hydrogens is 304 g/mol. The highest BCUT2D eigenvalue weighted by atomic mass is 16.2. The highest BCUT2D eigenvalue weighted by molar-refractivity contribution is 5.91. The molecule has 0 atom stereocenters. The number of carbonyl (C=O) groups is 2. The molecule has 0 aliphatic heterocycles. The van der Waals surface area contributed by atoms with Crippen LogP contribution in [0.2, 0.25) is 0 Å². The van der Waals surface area contributed by atoms with Crippen molar-refractivity contribution in [1.82, 2.24) is 10.2 Å². The third kappa shape index (κ3) is 5.44. The normalized spacial score (nSPS) is 10.5. The Labute approximate surface area is 145 Å². The molecule has 0 saturated heterocycles. The van der Waals surface area contributed by atoms with Crippen LogP contribution in [0.3, 0.4) is 0 Å². The standard InChI is InChI=1S/C18H30N4O2/c1-12(2)17(23)19-8-9-22(7)18(24)20-16-13(3)10-15(21(5)6)11-14(16)4/h10-12H,8-9H2,1-7H3,(H,19,23)(H,20,24). The van der Waals surface area contributed by atoms with Crippen molar-refractivity contribution < 1.29 is 9.59 Å². The van der Waals surface area contributed by atoms with E-state index in [1.807, 2.05) is 58.8 Å². The van der Waals surface area contributed by atoms with Crippen molar-refractivity contribution in [2.45, 2.75) is 27.7 Å². The third-order valence-corrected chi connectivity index (χ3v) is 3.88. The predicted molar refractivity (Wildman–Crippen MR) is 99.7 cm³/mol. The molecule has 134 valence electrons. The number of urea groups is 1. The fourth-order valence-corrected chi connectivity index (χ4v) is 2.25. The van der Waals surface area contributed by atoms with Crippen molar-refractivity contribution in [3.05, 3.63) is 23.3 Å². The number of benzene rings is 1. The molecule has 24 heavy (non-hydrogen) atoms. The Morgan fingerprint density at radius 1 is 1.08 bits per heavy atom. The Morgan fingerprint density at radius 2 is 1.62 bits per heavy atom. The van der Waals surface area contributed by atoms with Gasteiger partial charge in [0.2, 0.25) is 5.91 Å². The van der Waals surface area contributed by atoms with Gasteiger partial charge in [-0.05, 0) is 37.1 Å². The zero-order valence-corrected chi connectivity index (χ0v) is 15.9. The molecule has 0 spiro atoms. The smallest absolute Gasteiger partial charge is 0.321 e. The molecular formula is C18H30N4O2. The molecule has 0 bridgehead atoms. The molecule has 0 saturated carbocycles. The first-order chi connectivity index (χ1) is 11.1. The van der Waals surface area contributed by atoms with Gasteiger partial charge in [-0.2, -0.15) is 0 Å². The van der Waals surface area contributed by atoms with Crippen LogP contribution in [0.4, 0.5) is 16.2 Å². The number of rotatable bonds is 6. The molecule has 6 nitrogen and oxygen atoms in total. The van der Waals surface area contributed by atoms with Gasteiger partial charge in [0, 0.05) is 51.5 Å². The van der Waals surface area contributed by atoms with Gasteiger partial charge in [0.1, 0.15) is 0 Å². The summed E-state index contributed by atoms with van der Waals surface area (Å²) >= 11 is 0. The minimum absolute atomic E-state index is 0.00484. The van der Waals surface area contributed by atoms with Crippen LogP contribution >= 0.6 is 0 Å². The molecule has 3 amide bonds. The summed E-state index contributed by atoms with van der Waals surface area (Å²) in [7, 11) is 5.70. The summed E-state index contributed by atoms with van der Waals surface area (Å²) in [6, 6.07) is 3.91. The molecule has 0 radical (unpaired) electrons. The van der Waals surface area contributed by atoms with Crippen molar-refractivity contribution in [3.63, 3.8) is 0 Å².